The maximum absolute atomic E-state index is 5.22. The van der Waals surface area contributed by atoms with E-state index in [2.05, 4.69) is 67.4 Å². The lowest BCUT2D eigenvalue weighted by Crippen LogP contribution is -2.18. The highest BCUT2D eigenvalue weighted by atomic mass is 16.5. The molecule has 0 radical (unpaired) electrons. The molecule has 0 saturated carbocycles. The zero-order valence-electron chi connectivity index (χ0n) is 15.5. The summed E-state index contributed by atoms with van der Waals surface area (Å²) in [5.74, 6) is 0.906. The van der Waals surface area contributed by atoms with Crippen LogP contribution in [0.3, 0.4) is 0 Å². The number of anilines is 1. The Balaban J connectivity index is 1.54. The second kappa shape index (κ2) is 8.06. The number of hydrogen-bond acceptors (Lipinski definition) is 2. The number of benzene rings is 3. The summed E-state index contributed by atoms with van der Waals surface area (Å²) >= 11 is 0. The minimum atomic E-state index is 0.906. The van der Waals surface area contributed by atoms with Crippen molar-refractivity contribution in [3.8, 4) is 5.75 Å². The van der Waals surface area contributed by atoms with Gasteiger partial charge in [0.2, 0.25) is 0 Å². The number of unbranched alkanes of at least 4 members (excludes halogenated alkanes) is 1. The topological polar surface area (TPSA) is 12.5 Å². The van der Waals surface area contributed by atoms with Gasteiger partial charge >= 0.3 is 0 Å². The number of ether oxygens (including phenoxy) is 1. The number of methoxy groups -OCH3 is 1. The molecule has 25 heavy (non-hydrogen) atoms. The lowest BCUT2D eigenvalue weighted by molar-refractivity contribution is 0.415. The van der Waals surface area contributed by atoms with E-state index < -0.39 is 0 Å². The van der Waals surface area contributed by atoms with Gasteiger partial charge in [0.25, 0.3) is 0 Å². The average molecular weight is 333 g/mol. The Kier molecular flexibility index (Phi) is 5.60. The van der Waals surface area contributed by atoms with Gasteiger partial charge in [-0.2, -0.15) is 0 Å². The van der Waals surface area contributed by atoms with Crippen molar-refractivity contribution in [3.05, 3.63) is 71.8 Å². The van der Waals surface area contributed by atoms with Crippen molar-refractivity contribution in [1.82, 2.24) is 0 Å². The maximum atomic E-state index is 5.22. The summed E-state index contributed by atoms with van der Waals surface area (Å²) in [6, 6.07) is 21.7. The quantitative estimate of drug-likeness (QED) is 0.521. The van der Waals surface area contributed by atoms with Crippen molar-refractivity contribution in [2.75, 3.05) is 25.6 Å². The summed E-state index contributed by atoms with van der Waals surface area (Å²) in [6.45, 7) is 3.22. The molecular weight excluding hydrogens is 306 g/mol. The Labute approximate surface area is 151 Å². The van der Waals surface area contributed by atoms with Gasteiger partial charge in [0, 0.05) is 19.3 Å². The second-order valence-corrected chi connectivity index (χ2v) is 6.72. The van der Waals surface area contributed by atoms with E-state index in [1.54, 1.807) is 7.11 Å². The Morgan fingerprint density at radius 3 is 2.48 bits per heavy atom. The smallest absolute Gasteiger partial charge is 0.119 e. The third-order valence-corrected chi connectivity index (χ3v) is 4.83. The third kappa shape index (κ3) is 4.33. The summed E-state index contributed by atoms with van der Waals surface area (Å²) in [5, 5.41) is 2.75. The first kappa shape index (κ1) is 17.3. The van der Waals surface area contributed by atoms with Gasteiger partial charge in [-0.05, 0) is 66.8 Å². The van der Waals surface area contributed by atoms with Crippen LogP contribution in [0, 0.1) is 6.92 Å². The lowest BCUT2D eigenvalue weighted by atomic mass is 9.99. The van der Waals surface area contributed by atoms with Crippen LogP contribution in [-0.2, 0) is 6.42 Å². The van der Waals surface area contributed by atoms with Gasteiger partial charge in [-0.3, -0.25) is 0 Å². The van der Waals surface area contributed by atoms with E-state index in [4.69, 9.17) is 4.74 Å². The summed E-state index contributed by atoms with van der Waals surface area (Å²) in [6.07, 6.45) is 3.52. The molecule has 130 valence electrons. The van der Waals surface area contributed by atoms with Crippen LogP contribution in [0.1, 0.15) is 24.0 Å². The predicted molar refractivity (Wildman–Crippen MR) is 108 cm³/mol. The molecule has 0 N–H and O–H groups in total. The van der Waals surface area contributed by atoms with Crippen LogP contribution >= 0.6 is 0 Å². The fourth-order valence-electron chi connectivity index (χ4n) is 3.32. The third-order valence-electron chi connectivity index (χ3n) is 4.83. The molecule has 0 aliphatic rings. The molecular formula is C23H27NO. The Hall–Kier alpha value is -2.48. The highest BCUT2D eigenvalue weighted by molar-refractivity contribution is 5.86. The van der Waals surface area contributed by atoms with E-state index in [0.717, 1.165) is 18.7 Å². The first-order valence-electron chi connectivity index (χ1n) is 9.01. The molecule has 2 nitrogen and oxygen atoms in total. The van der Waals surface area contributed by atoms with Gasteiger partial charge in [0.15, 0.2) is 0 Å². The number of aryl methyl sites for hydroxylation is 2. The molecule has 3 aromatic rings. The minimum Gasteiger partial charge on any atom is -0.497 e. The molecule has 0 saturated heterocycles. The average Bonchev–Trinajstić information content (AvgIpc) is 2.64. The molecule has 0 unspecified atom stereocenters. The molecule has 0 aromatic heterocycles. The minimum absolute atomic E-state index is 0.906. The molecule has 0 aliphatic heterocycles. The number of fused-ring (bicyclic) bond motifs is 1. The zero-order valence-corrected chi connectivity index (χ0v) is 15.5. The van der Waals surface area contributed by atoms with Crippen LogP contribution in [0.2, 0.25) is 0 Å². The SMILES string of the molecule is COc1ccc(N(C)CCCCc2cccc3cc(C)ccc23)cc1. The molecule has 0 amide bonds. The molecule has 3 aromatic carbocycles. The summed E-state index contributed by atoms with van der Waals surface area (Å²) < 4.78 is 5.22. The van der Waals surface area contributed by atoms with Gasteiger partial charge in [0.05, 0.1) is 7.11 Å². The molecule has 0 atom stereocenters. The Morgan fingerprint density at radius 1 is 0.920 bits per heavy atom. The predicted octanol–water partition coefficient (Wildman–Crippen LogP) is 5.62. The van der Waals surface area contributed by atoms with E-state index >= 15 is 0 Å². The van der Waals surface area contributed by atoms with E-state index in [0.29, 0.717) is 0 Å². The monoisotopic (exact) mass is 333 g/mol. The first-order valence-corrected chi connectivity index (χ1v) is 9.01. The number of rotatable bonds is 7. The van der Waals surface area contributed by atoms with Gasteiger partial charge in [-0.25, -0.2) is 0 Å². The fourth-order valence-corrected chi connectivity index (χ4v) is 3.32. The lowest BCUT2D eigenvalue weighted by Gasteiger charge is -2.19. The van der Waals surface area contributed by atoms with Crippen LogP contribution in [0.4, 0.5) is 5.69 Å². The van der Waals surface area contributed by atoms with E-state index in [1.165, 1.54) is 40.4 Å². The van der Waals surface area contributed by atoms with Crippen LogP contribution in [0.15, 0.2) is 60.7 Å². The molecule has 0 spiro atoms. The van der Waals surface area contributed by atoms with Crippen molar-refractivity contribution in [2.24, 2.45) is 0 Å². The van der Waals surface area contributed by atoms with Crippen LogP contribution in [-0.4, -0.2) is 20.7 Å². The Bertz CT molecular complexity index is 823. The van der Waals surface area contributed by atoms with Crippen molar-refractivity contribution < 1.29 is 4.74 Å². The molecule has 0 bridgehead atoms. The Morgan fingerprint density at radius 2 is 1.72 bits per heavy atom. The van der Waals surface area contributed by atoms with E-state index in [9.17, 15) is 0 Å². The van der Waals surface area contributed by atoms with Crippen molar-refractivity contribution >= 4 is 16.5 Å². The fraction of sp³-hybridized carbons (Fsp3) is 0.304. The van der Waals surface area contributed by atoms with Crippen molar-refractivity contribution in [2.45, 2.75) is 26.2 Å². The maximum Gasteiger partial charge on any atom is 0.119 e. The van der Waals surface area contributed by atoms with Gasteiger partial charge in [-0.15, -0.1) is 0 Å². The molecule has 2 heteroatoms. The van der Waals surface area contributed by atoms with Crippen LogP contribution in [0.25, 0.3) is 10.8 Å². The van der Waals surface area contributed by atoms with Crippen molar-refractivity contribution in [3.63, 3.8) is 0 Å². The largest absolute Gasteiger partial charge is 0.497 e. The zero-order chi connectivity index (χ0) is 17.6. The van der Waals surface area contributed by atoms with Gasteiger partial charge < -0.3 is 9.64 Å². The summed E-state index contributed by atoms with van der Waals surface area (Å²) in [4.78, 5) is 2.31. The number of hydrogen-bond donors (Lipinski definition) is 0. The second-order valence-electron chi connectivity index (χ2n) is 6.72. The van der Waals surface area contributed by atoms with E-state index in [1.807, 2.05) is 12.1 Å². The highest BCUT2D eigenvalue weighted by Gasteiger charge is 2.04. The van der Waals surface area contributed by atoms with E-state index in [-0.39, 0.29) is 0 Å². The van der Waals surface area contributed by atoms with Crippen LogP contribution < -0.4 is 9.64 Å². The normalized spacial score (nSPS) is 10.8. The van der Waals surface area contributed by atoms with Crippen LogP contribution in [0.5, 0.6) is 5.75 Å². The van der Waals surface area contributed by atoms with Gasteiger partial charge in [-0.1, -0.05) is 42.0 Å². The molecule has 3 rings (SSSR count). The van der Waals surface area contributed by atoms with Crippen molar-refractivity contribution in [1.29, 1.82) is 0 Å². The molecule has 0 fully saturated rings. The number of nitrogens with zero attached hydrogens (tertiary/aromatic N) is 1. The highest BCUT2D eigenvalue weighted by Crippen LogP contribution is 2.22. The van der Waals surface area contributed by atoms with Gasteiger partial charge in [0.1, 0.15) is 5.75 Å². The molecule has 0 heterocycles. The molecule has 0 aliphatic carbocycles. The summed E-state index contributed by atoms with van der Waals surface area (Å²) in [7, 11) is 3.86. The first-order chi connectivity index (χ1) is 12.2. The summed E-state index contributed by atoms with van der Waals surface area (Å²) in [5.41, 5.74) is 4.02. The standard InChI is InChI=1S/C23H27NO/c1-18-10-15-23-19(8-6-9-20(23)17-18)7-4-5-16-24(2)21-11-13-22(25-3)14-12-21/h6,8-15,17H,4-5,7,16H2,1-3H3.